The normalized spacial score (nSPS) is 17.7. The van der Waals surface area contributed by atoms with E-state index in [1.807, 2.05) is 42.5 Å². The Labute approximate surface area is 107 Å². The summed E-state index contributed by atoms with van der Waals surface area (Å²) in [5.74, 6) is -0.242. The van der Waals surface area contributed by atoms with Gasteiger partial charge in [0.2, 0.25) is 0 Å². The number of carbonyl (C=O) groups excluding carboxylic acids is 1. The fourth-order valence-corrected chi connectivity index (χ4v) is 2.30. The second kappa shape index (κ2) is 4.00. The van der Waals surface area contributed by atoms with E-state index in [1.165, 1.54) is 0 Å². The Bertz CT molecular complexity index is 575. The summed E-state index contributed by atoms with van der Waals surface area (Å²) in [5.41, 5.74) is 2.60. The van der Waals surface area contributed by atoms with Crippen LogP contribution in [0.3, 0.4) is 0 Å². The van der Waals surface area contributed by atoms with Crippen LogP contribution in [0, 0.1) is 0 Å². The highest BCUT2D eigenvalue weighted by Gasteiger charge is 2.31. The first kappa shape index (κ1) is 10.5. The lowest BCUT2D eigenvalue weighted by molar-refractivity contribution is 0.0456. The Morgan fingerprint density at radius 3 is 2.47 bits per heavy atom. The second-order valence-corrected chi connectivity index (χ2v) is 4.84. The predicted molar refractivity (Wildman–Crippen MR) is 67.8 cm³/mol. The van der Waals surface area contributed by atoms with Crippen LogP contribution in [-0.4, -0.2) is 5.97 Å². The molecule has 1 atom stereocenters. The van der Waals surface area contributed by atoms with E-state index in [2.05, 4.69) is 15.9 Å². The summed E-state index contributed by atoms with van der Waals surface area (Å²) < 4.78 is 6.42. The number of hydrogen-bond acceptors (Lipinski definition) is 2. The molecule has 0 amide bonds. The van der Waals surface area contributed by atoms with Crippen molar-refractivity contribution in [2.24, 2.45) is 0 Å². The molecule has 0 saturated heterocycles. The molecule has 3 heteroatoms. The van der Waals surface area contributed by atoms with Crippen LogP contribution in [0.2, 0.25) is 0 Å². The van der Waals surface area contributed by atoms with E-state index in [1.54, 1.807) is 6.07 Å². The molecular weight excluding hydrogens is 280 g/mol. The molecular formula is C14H9BrO2. The average molecular weight is 289 g/mol. The predicted octanol–water partition coefficient (Wildman–Crippen LogP) is 3.71. The third-order valence-corrected chi connectivity index (χ3v) is 3.39. The van der Waals surface area contributed by atoms with Gasteiger partial charge in [-0.25, -0.2) is 4.79 Å². The van der Waals surface area contributed by atoms with Gasteiger partial charge in [0.1, 0.15) is 0 Å². The molecule has 0 radical (unpaired) electrons. The maximum absolute atomic E-state index is 11.7. The minimum Gasteiger partial charge on any atom is -0.449 e. The van der Waals surface area contributed by atoms with E-state index in [-0.39, 0.29) is 12.1 Å². The summed E-state index contributed by atoms with van der Waals surface area (Å²) in [7, 11) is 0. The molecule has 0 bridgehead atoms. The summed E-state index contributed by atoms with van der Waals surface area (Å²) >= 11 is 3.39. The van der Waals surface area contributed by atoms with Gasteiger partial charge in [0.15, 0.2) is 6.10 Å². The Morgan fingerprint density at radius 1 is 1.00 bits per heavy atom. The molecule has 0 aromatic heterocycles. The molecule has 3 rings (SSSR count). The number of cyclic esters (lactones) is 1. The van der Waals surface area contributed by atoms with Crippen molar-refractivity contribution < 1.29 is 9.53 Å². The number of halogens is 1. The van der Waals surface area contributed by atoms with Crippen molar-refractivity contribution in [2.45, 2.75) is 6.10 Å². The van der Waals surface area contributed by atoms with Gasteiger partial charge in [-0.1, -0.05) is 46.3 Å². The molecule has 0 unspecified atom stereocenters. The number of rotatable bonds is 1. The molecule has 1 aliphatic rings. The highest BCUT2D eigenvalue weighted by molar-refractivity contribution is 9.10. The van der Waals surface area contributed by atoms with Crippen molar-refractivity contribution in [3.05, 3.63) is 69.7 Å². The number of hydrogen-bond donors (Lipinski definition) is 0. The zero-order valence-electron chi connectivity index (χ0n) is 8.89. The van der Waals surface area contributed by atoms with Gasteiger partial charge in [0, 0.05) is 10.0 Å². The van der Waals surface area contributed by atoms with E-state index in [0.29, 0.717) is 5.56 Å². The molecule has 1 aliphatic heterocycles. The SMILES string of the molecule is O=C1O[C@H](c2ccc(Br)cc2)c2ccccc21. The van der Waals surface area contributed by atoms with Crippen LogP contribution < -0.4 is 0 Å². The van der Waals surface area contributed by atoms with Crippen LogP contribution in [-0.2, 0) is 4.74 Å². The fourth-order valence-electron chi connectivity index (χ4n) is 2.03. The van der Waals surface area contributed by atoms with Crippen LogP contribution in [0.1, 0.15) is 27.6 Å². The summed E-state index contributed by atoms with van der Waals surface area (Å²) in [5, 5.41) is 0. The summed E-state index contributed by atoms with van der Waals surface area (Å²) in [4.78, 5) is 11.7. The quantitative estimate of drug-likeness (QED) is 0.748. The largest absolute Gasteiger partial charge is 0.449 e. The van der Waals surface area contributed by atoms with Crippen LogP contribution in [0.5, 0.6) is 0 Å². The molecule has 0 N–H and O–H groups in total. The minimum absolute atomic E-state index is 0.242. The van der Waals surface area contributed by atoms with Crippen molar-refractivity contribution in [3.8, 4) is 0 Å². The van der Waals surface area contributed by atoms with Gasteiger partial charge in [-0.05, 0) is 23.8 Å². The Hall–Kier alpha value is -1.61. The van der Waals surface area contributed by atoms with Gasteiger partial charge in [0.05, 0.1) is 5.56 Å². The van der Waals surface area contributed by atoms with E-state index < -0.39 is 0 Å². The van der Waals surface area contributed by atoms with E-state index in [0.717, 1.165) is 15.6 Å². The molecule has 0 fully saturated rings. The highest BCUT2D eigenvalue weighted by atomic mass is 79.9. The maximum atomic E-state index is 11.7. The van der Waals surface area contributed by atoms with Crippen molar-refractivity contribution in [1.29, 1.82) is 0 Å². The molecule has 84 valence electrons. The minimum atomic E-state index is -0.271. The molecule has 17 heavy (non-hydrogen) atoms. The number of benzene rings is 2. The fraction of sp³-hybridized carbons (Fsp3) is 0.0714. The van der Waals surface area contributed by atoms with Crippen LogP contribution in [0.25, 0.3) is 0 Å². The Balaban J connectivity index is 2.07. The number of ether oxygens (including phenoxy) is 1. The van der Waals surface area contributed by atoms with Gasteiger partial charge in [0.25, 0.3) is 0 Å². The lowest BCUT2D eigenvalue weighted by atomic mass is 9.99. The third-order valence-electron chi connectivity index (χ3n) is 2.86. The van der Waals surface area contributed by atoms with Crippen LogP contribution in [0.15, 0.2) is 53.0 Å². The first-order valence-corrected chi connectivity index (χ1v) is 6.10. The van der Waals surface area contributed by atoms with E-state index in [4.69, 9.17) is 4.74 Å². The Morgan fingerprint density at radius 2 is 1.71 bits per heavy atom. The third kappa shape index (κ3) is 1.76. The summed E-state index contributed by atoms with van der Waals surface area (Å²) in [6, 6.07) is 15.3. The number of esters is 1. The monoisotopic (exact) mass is 288 g/mol. The van der Waals surface area contributed by atoms with Crippen molar-refractivity contribution in [3.63, 3.8) is 0 Å². The first-order valence-electron chi connectivity index (χ1n) is 5.31. The number of fused-ring (bicyclic) bond motifs is 1. The highest BCUT2D eigenvalue weighted by Crippen LogP contribution is 2.35. The molecule has 0 saturated carbocycles. The van der Waals surface area contributed by atoms with Crippen LogP contribution >= 0.6 is 15.9 Å². The first-order chi connectivity index (χ1) is 8.25. The van der Waals surface area contributed by atoms with E-state index in [9.17, 15) is 4.79 Å². The Kier molecular flexibility index (Phi) is 2.48. The molecule has 0 spiro atoms. The second-order valence-electron chi connectivity index (χ2n) is 3.92. The standard InChI is InChI=1S/C14H9BrO2/c15-10-7-5-9(6-8-10)13-11-3-1-2-4-12(11)14(16)17-13/h1-8,13H/t13-/m1/s1. The zero-order chi connectivity index (χ0) is 11.8. The smallest absolute Gasteiger partial charge is 0.339 e. The summed E-state index contributed by atoms with van der Waals surface area (Å²) in [6.45, 7) is 0. The average Bonchev–Trinajstić information content (AvgIpc) is 2.69. The van der Waals surface area contributed by atoms with Crippen molar-refractivity contribution in [2.75, 3.05) is 0 Å². The van der Waals surface area contributed by atoms with E-state index >= 15 is 0 Å². The van der Waals surface area contributed by atoms with Gasteiger partial charge in [-0.2, -0.15) is 0 Å². The zero-order valence-corrected chi connectivity index (χ0v) is 10.5. The lowest BCUT2D eigenvalue weighted by Gasteiger charge is -2.10. The summed E-state index contributed by atoms with van der Waals surface area (Å²) in [6.07, 6.45) is -0.271. The van der Waals surface area contributed by atoms with Crippen molar-refractivity contribution >= 4 is 21.9 Å². The van der Waals surface area contributed by atoms with Crippen LogP contribution in [0.4, 0.5) is 0 Å². The number of carbonyl (C=O) groups is 1. The maximum Gasteiger partial charge on any atom is 0.339 e. The van der Waals surface area contributed by atoms with Gasteiger partial charge in [-0.15, -0.1) is 0 Å². The molecule has 1 heterocycles. The van der Waals surface area contributed by atoms with Gasteiger partial charge in [-0.3, -0.25) is 0 Å². The molecule has 2 nitrogen and oxygen atoms in total. The molecule has 2 aromatic carbocycles. The van der Waals surface area contributed by atoms with Gasteiger partial charge < -0.3 is 4.74 Å². The molecule has 0 aliphatic carbocycles. The van der Waals surface area contributed by atoms with Gasteiger partial charge >= 0.3 is 5.97 Å². The lowest BCUT2D eigenvalue weighted by Crippen LogP contribution is -2.00. The molecule has 2 aromatic rings. The topological polar surface area (TPSA) is 26.3 Å². The van der Waals surface area contributed by atoms with Crippen molar-refractivity contribution in [1.82, 2.24) is 0 Å².